The molecule has 0 saturated carbocycles. The van der Waals surface area contributed by atoms with E-state index in [1.54, 1.807) is 0 Å². The summed E-state index contributed by atoms with van der Waals surface area (Å²) in [6.07, 6.45) is 6.22. The molecule has 2 heterocycles. The average Bonchev–Trinajstić information content (AvgIpc) is 2.96. The van der Waals surface area contributed by atoms with Crippen LogP contribution in [0.5, 0.6) is 0 Å². The Balaban J connectivity index is 1.84. The lowest BCUT2D eigenvalue weighted by Gasteiger charge is -2.06. The second-order valence-electron chi connectivity index (χ2n) is 3.90. The van der Waals surface area contributed by atoms with Crippen molar-refractivity contribution in [1.29, 1.82) is 0 Å². The van der Waals surface area contributed by atoms with Crippen molar-refractivity contribution >= 4 is 10.9 Å². The topological polar surface area (TPSA) is 9.86 Å². The minimum atomic E-state index is 0.985. The summed E-state index contributed by atoms with van der Waals surface area (Å²) in [7, 11) is 0. The fraction of sp³-hybridized carbons (Fsp3) is 0.143. The number of hydrogen-bond acceptors (Lipinski definition) is 0. The molecule has 0 fully saturated rings. The number of nitrogens with zero attached hydrogens (tertiary/aromatic N) is 2. The molecule has 3 rings (SSSR count). The number of rotatable bonds is 3. The smallest absolute Gasteiger partial charge is 0.0487 e. The molecule has 16 heavy (non-hydrogen) atoms. The lowest BCUT2D eigenvalue weighted by molar-refractivity contribution is 0.594. The maximum Gasteiger partial charge on any atom is 0.0487 e. The molecule has 2 aromatic heterocycles. The Morgan fingerprint density at radius 1 is 0.938 bits per heavy atom. The molecule has 0 amide bonds. The van der Waals surface area contributed by atoms with Crippen LogP contribution in [-0.2, 0) is 13.1 Å². The van der Waals surface area contributed by atoms with Gasteiger partial charge in [0.1, 0.15) is 0 Å². The lowest BCUT2D eigenvalue weighted by Crippen LogP contribution is -2.04. The highest BCUT2D eigenvalue weighted by molar-refractivity contribution is 5.79. The van der Waals surface area contributed by atoms with E-state index in [2.05, 4.69) is 64.0 Å². The molecule has 0 spiro atoms. The van der Waals surface area contributed by atoms with Crippen molar-refractivity contribution in [3.05, 3.63) is 61.1 Å². The van der Waals surface area contributed by atoms with Crippen molar-refractivity contribution in [2.24, 2.45) is 0 Å². The minimum Gasteiger partial charge on any atom is -0.352 e. The van der Waals surface area contributed by atoms with Gasteiger partial charge in [-0.25, -0.2) is 0 Å². The van der Waals surface area contributed by atoms with Crippen molar-refractivity contribution in [3.63, 3.8) is 0 Å². The van der Waals surface area contributed by atoms with Gasteiger partial charge in [-0.1, -0.05) is 18.2 Å². The second kappa shape index (κ2) is 3.89. The first kappa shape index (κ1) is 9.28. The van der Waals surface area contributed by atoms with Crippen LogP contribution in [-0.4, -0.2) is 9.13 Å². The zero-order chi connectivity index (χ0) is 10.8. The highest BCUT2D eigenvalue weighted by Gasteiger charge is 1.99. The SMILES string of the molecule is [c]1cn(CCn2cccc2)c2ccccc12. The quantitative estimate of drug-likeness (QED) is 0.627. The Bertz CT molecular complexity index is 576. The maximum atomic E-state index is 3.27. The fourth-order valence-corrected chi connectivity index (χ4v) is 1.99. The van der Waals surface area contributed by atoms with Gasteiger partial charge in [-0.15, -0.1) is 0 Å². The van der Waals surface area contributed by atoms with E-state index in [0.717, 1.165) is 13.1 Å². The Labute approximate surface area is 94.7 Å². The Morgan fingerprint density at radius 2 is 1.75 bits per heavy atom. The number of para-hydroxylation sites is 1. The third-order valence-electron chi connectivity index (χ3n) is 2.85. The number of hydrogen-bond donors (Lipinski definition) is 0. The molecule has 2 nitrogen and oxygen atoms in total. The summed E-state index contributed by atoms with van der Waals surface area (Å²) in [5, 5.41) is 1.19. The van der Waals surface area contributed by atoms with Crippen LogP contribution in [0, 0.1) is 6.07 Å². The maximum absolute atomic E-state index is 3.27. The summed E-state index contributed by atoms with van der Waals surface area (Å²) in [6.45, 7) is 1.98. The molecule has 0 unspecified atom stereocenters. The number of benzene rings is 1. The monoisotopic (exact) mass is 209 g/mol. The molecule has 79 valence electrons. The summed E-state index contributed by atoms with van der Waals surface area (Å²) in [6, 6.07) is 15.7. The van der Waals surface area contributed by atoms with Crippen molar-refractivity contribution in [2.75, 3.05) is 0 Å². The first-order chi connectivity index (χ1) is 7.93. The molecule has 1 aromatic carbocycles. The third-order valence-corrected chi connectivity index (χ3v) is 2.85. The fourth-order valence-electron chi connectivity index (χ4n) is 1.99. The highest BCUT2D eigenvalue weighted by Crippen LogP contribution is 2.14. The minimum absolute atomic E-state index is 0.985. The summed E-state index contributed by atoms with van der Waals surface area (Å²) < 4.78 is 4.43. The molecule has 0 aliphatic heterocycles. The molecule has 0 atom stereocenters. The van der Waals surface area contributed by atoms with Gasteiger partial charge in [-0.05, 0) is 18.2 Å². The van der Waals surface area contributed by atoms with E-state index in [4.69, 9.17) is 0 Å². The molecular weight excluding hydrogens is 196 g/mol. The Kier molecular flexibility index (Phi) is 2.26. The number of fused-ring (bicyclic) bond motifs is 1. The van der Waals surface area contributed by atoms with Gasteiger partial charge in [0, 0.05) is 48.6 Å². The molecule has 0 bridgehead atoms. The van der Waals surface area contributed by atoms with E-state index in [9.17, 15) is 0 Å². The molecular formula is C14H13N2. The summed E-state index contributed by atoms with van der Waals surface area (Å²) in [5.74, 6) is 0. The summed E-state index contributed by atoms with van der Waals surface area (Å²) in [4.78, 5) is 0. The Hall–Kier alpha value is -1.96. The zero-order valence-electron chi connectivity index (χ0n) is 9.00. The predicted molar refractivity (Wildman–Crippen MR) is 65.2 cm³/mol. The zero-order valence-corrected chi connectivity index (χ0v) is 9.00. The van der Waals surface area contributed by atoms with Crippen LogP contribution in [0.2, 0.25) is 0 Å². The third kappa shape index (κ3) is 1.63. The van der Waals surface area contributed by atoms with Crippen LogP contribution in [0.1, 0.15) is 0 Å². The van der Waals surface area contributed by atoms with E-state index in [0.29, 0.717) is 0 Å². The number of aromatic nitrogens is 2. The summed E-state index contributed by atoms with van der Waals surface area (Å²) in [5.41, 5.74) is 1.26. The van der Waals surface area contributed by atoms with Crippen LogP contribution in [0.3, 0.4) is 0 Å². The molecule has 0 N–H and O–H groups in total. The van der Waals surface area contributed by atoms with Crippen LogP contribution < -0.4 is 0 Å². The van der Waals surface area contributed by atoms with E-state index < -0.39 is 0 Å². The van der Waals surface area contributed by atoms with Crippen molar-refractivity contribution in [2.45, 2.75) is 13.1 Å². The van der Waals surface area contributed by atoms with Gasteiger partial charge in [0.15, 0.2) is 0 Å². The van der Waals surface area contributed by atoms with Gasteiger partial charge in [0.25, 0.3) is 0 Å². The van der Waals surface area contributed by atoms with E-state index in [1.165, 1.54) is 10.9 Å². The second-order valence-corrected chi connectivity index (χ2v) is 3.90. The first-order valence-electron chi connectivity index (χ1n) is 5.50. The van der Waals surface area contributed by atoms with Gasteiger partial charge in [0.05, 0.1) is 0 Å². The highest BCUT2D eigenvalue weighted by atomic mass is 15.0. The lowest BCUT2D eigenvalue weighted by atomic mass is 10.2. The van der Waals surface area contributed by atoms with E-state index >= 15 is 0 Å². The number of aryl methyl sites for hydroxylation is 2. The van der Waals surface area contributed by atoms with Crippen LogP contribution >= 0.6 is 0 Å². The van der Waals surface area contributed by atoms with E-state index in [1.807, 2.05) is 6.20 Å². The Morgan fingerprint density at radius 3 is 2.62 bits per heavy atom. The molecule has 2 heteroatoms. The largest absolute Gasteiger partial charge is 0.352 e. The summed E-state index contributed by atoms with van der Waals surface area (Å²) >= 11 is 0. The molecule has 0 aliphatic carbocycles. The molecule has 3 aromatic rings. The van der Waals surface area contributed by atoms with E-state index in [-0.39, 0.29) is 0 Å². The van der Waals surface area contributed by atoms with Gasteiger partial charge in [0.2, 0.25) is 0 Å². The van der Waals surface area contributed by atoms with Gasteiger partial charge < -0.3 is 9.13 Å². The molecule has 0 aliphatic rings. The van der Waals surface area contributed by atoms with Crippen molar-refractivity contribution < 1.29 is 0 Å². The molecule has 1 radical (unpaired) electrons. The van der Waals surface area contributed by atoms with Gasteiger partial charge >= 0.3 is 0 Å². The van der Waals surface area contributed by atoms with Crippen LogP contribution in [0.25, 0.3) is 10.9 Å². The standard InChI is InChI=1S/C14H13N2/c1-2-6-14-13(5-1)7-10-16(14)12-11-15-8-3-4-9-15/h1-6,8-10H,11-12H2. The molecule has 0 saturated heterocycles. The normalized spacial score (nSPS) is 11.0. The predicted octanol–water partition coefficient (Wildman–Crippen LogP) is 2.94. The van der Waals surface area contributed by atoms with Crippen LogP contribution in [0.15, 0.2) is 55.0 Å². The van der Waals surface area contributed by atoms with Crippen LogP contribution in [0.4, 0.5) is 0 Å². The van der Waals surface area contributed by atoms with Gasteiger partial charge in [-0.3, -0.25) is 0 Å². The van der Waals surface area contributed by atoms with Crippen molar-refractivity contribution in [1.82, 2.24) is 9.13 Å². The first-order valence-corrected chi connectivity index (χ1v) is 5.50. The van der Waals surface area contributed by atoms with Crippen molar-refractivity contribution in [3.8, 4) is 0 Å². The average molecular weight is 209 g/mol. The van der Waals surface area contributed by atoms with Gasteiger partial charge in [-0.2, -0.15) is 0 Å².